The number of hydrogen-bond acceptors (Lipinski definition) is 2. The van der Waals surface area contributed by atoms with Crippen LogP contribution in [0.4, 0.5) is 5.69 Å². The molecular formula is C23H25N3OS. The minimum atomic E-state index is 0.0726. The highest BCUT2D eigenvalue weighted by molar-refractivity contribution is 7.80. The van der Waals surface area contributed by atoms with Gasteiger partial charge in [0.15, 0.2) is 5.11 Å². The smallest absolute Gasteiger partial charge is 0.174 e. The number of nitrogens with one attached hydrogen (secondary N) is 1. The average molecular weight is 392 g/mol. The molecule has 28 heavy (non-hydrogen) atoms. The SMILES string of the molecule is CCOc1ccc(C2c3cccn3CCN2C(=S)Nc2ccccc2C)cc1. The molecule has 1 aliphatic rings. The van der Waals surface area contributed by atoms with Gasteiger partial charge in [-0.3, -0.25) is 0 Å². The number of para-hydroxylation sites is 1. The second kappa shape index (κ2) is 8.07. The molecule has 2 heterocycles. The van der Waals surface area contributed by atoms with E-state index in [9.17, 15) is 0 Å². The van der Waals surface area contributed by atoms with Gasteiger partial charge in [-0.05, 0) is 67.5 Å². The summed E-state index contributed by atoms with van der Waals surface area (Å²) in [5.41, 5.74) is 4.70. The van der Waals surface area contributed by atoms with Gasteiger partial charge >= 0.3 is 0 Å². The molecule has 0 spiro atoms. The van der Waals surface area contributed by atoms with Crippen molar-refractivity contribution in [1.82, 2.24) is 9.47 Å². The van der Waals surface area contributed by atoms with E-state index in [2.05, 4.69) is 64.3 Å². The van der Waals surface area contributed by atoms with Crippen molar-refractivity contribution < 1.29 is 4.74 Å². The fraction of sp³-hybridized carbons (Fsp3) is 0.261. The molecule has 1 atom stereocenters. The van der Waals surface area contributed by atoms with Crippen LogP contribution in [-0.2, 0) is 6.54 Å². The molecule has 0 bridgehead atoms. The van der Waals surface area contributed by atoms with Crippen molar-refractivity contribution in [2.45, 2.75) is 26.4 Å². The number of anilines is 1. The molecule has 4 rings (SSSR count). The number of aromatic nitrogens is 1. The number of thiocarbonyl (C=S) groups is 1. The predicted octanol–water partition coefficient (Wildman–Crippen LogP) is 5.00. The summed E-state index contributed by atoms with van der Waals surface area (Å²) in [6, 6.07) is 21.0. The maximum Gasteiger partial charge on any atom is 0.174 e. The lowest BCUT2D eigenvalue weighted by Gasteiger charge is -2.39. The van der Waals surface area contributed by atoms with Crippen LogP contribution in [-0.4, -0.2) is 27.7 Å². The van der Waals surface area contributed by atoms with Crippen LogP contribution in [0.3, 0.4) is 0 Å². The predicted molar refractivity (Wildman–Crippen MR) is 118 cm³/mol. The summed E-state index contributed by atoms with van der Waals surface area (Å²) in [5.74, 6) is 0.893. The zero-order valence-corrected chi connectivity index (χ0v) is 17.1. The maximum atomic E-state index is 5.84. The van der Waals surface area contributed by atoms with Crippen molar-refractivity contribution in [1.29, 1.82) is 0 Å². The highest BCUT2D eigenvalue weighted by Gasteiger charge is 2.30. The Balaban J connectivity index is 1.65. The molecule has 0 fully saturated rings. The Kier molecular flexibility index (Phi) is 5.35. The lowest BCUT2D eigenvalue weighted by Crippen LogP contribution is -2.44. The van der Waals surface area contributed by atoms with Gasteiger partial charge < -0.3 is 19.5 Å². The Bertz CT molecular complexity index is 964. The van der Waals surface area contributed by atoms with Crippen molar-refractivity contribution in [3.63, 3.8) is 0 Å². The van der Waals surface area contributed by atoms with E-state index in [1.165, 1.54) is 16.8 Å². The molecule has 0 radical (unpaired) electrons. The van der Waals surface area contributed by atoms with E-state index in [4.69, 9.17) is 17.0 Å². The summed E-state index contributed by atoms with van der Waals surface area (Å²) in [5, 5.41) is 4.21. The minimum Gasteiger partial charge on any atom is -0.494 e. The van der Waals surface area contributed by atoms with Crippen molar-refractivity contribution in [2.24, 2.45) is 0 Å². The summed E-state index contributed by atoms with van der Waals surface area (Å²) in [6.07, 6.45) is 2.14. The first-order valence-electron chi connectivity index (χ1n) is 9.68. The molecular weight excluding hydrogens is 366 g/mol. The topological polar surface area (TPSA) is 29.4 Å². The third kappa shape index (κ3) is 3.62. The second-order valence-corrected chi connectivity index (χ2v) is 7.36. The van der Waals surface area contributed by atoms with Crippen molar-refractivity contribution in [3.8, 4) is 5.75 Å². The van der Waals surface area contributed by atoms with Crippen LogP contribution in [0.25, 0.3) is 0 Å². The van der Waals surface area contributed by atoms with Gasteiger partial charge in [0.25, 0.3) is 0 Å². The fourth-order valence-corrected chi connectivity index (χ4v) is 4.07. The van der Waals surface area contributed by atoms with Crippen LogP contribution in [0.2, 0.25) is 0 Å². The minimum absolute atomic E-state index is 0.0726. The Morgan fingerprint density at radius 3 is 2.61 bits per heavy atom. The summed E-state index contributed by atoms with van der Waals surface area (Å²) in [6.45, 7) is 6.54. The molecule has 2 aromatic carbocycles. The first-order chi connectivity index (χ1) is 13.7. The maximum absolute atomic E-state index is 5.84. The van der Waals surface area contributed by atoms with Gasteiger partial charge in [0.05, 0.1) is 12.6 Å². The number of hydrogen-bond donors (Lipinski definition) is 1. The number of benzene rings is 2. The highest BCUT2D eigenvalue weighted by atomic mass is 32.1. The zero-order chi connectivity index (χ0) is 19.5. The van der Waals surface area contributed by atoms with Crippen LogP contribution in [0.15, 0.2) is 66.9 Å². The van der Waals surface area contributed by atoms with E-state index in [1.807, 2.05) is 31.2 Å². The van der Waals surface area contributed by atoms with Gasteiger partial charge in [-0.1, -0.05) is 30.3 Å². The first kappa shape index (κ1) is 18.6. The van der Waals surface area contributed by atoms with Crippen LogP contribution in [0, 0.1) is 6.92 Å². The van der Waals surface area contributed by atoms with Crippen molar-refractivity contribution in [2.75, 3.05) is 18.5 Å². The standard InChI is InChI=1S/C23H25N3OS/c1-3-27-19-12-10-18(11-13-19)22-21-9-6-14-25(21)15-16-26(22)23(28)24-20-8-5-4-7-17(20)2/h4-14,22H,3,15-16H2,1-2H3,(H,24,28). The normalized spacial score (nSPS) is 15.8. The Morgan fingerprint density at radius 2 is 1.86 bits per heavy atom. The molecule has 1 aromatic heterocycles. The quantitative estimate of drug-likeness (QED) is 0.634. The fourth-order valence-electron chi connectivity index (χ4n) is 3.77. The number of fused-ring (bicyclic) bond motifs is 1. The lowest BCUT2D eigenvalue weighted by molar-refractivity contribution is 0.293. The molecule has 0 saturated carbocycles. The van der Waals surface area contributed by atoms with E-state index in [1.54, 1.807) is 0 Å². The molecule has 0 saturated heterocycles. The van der Waals surface area contributed by atoms with Gasteiger partial charge in [0.1, 0.15) is 5.75 Å². The molecule has 5 heteroatoms. The van der Waals surface area contributed by atoms with E-state index in [-0.39, 0.29) is 6.04 Å². The van der Waals surface area contributed by atoms with Gasteiger partial charge in [0.2, 0.25) is 0 Å². The first-order valence-corrected chi connectivity index (χ1v) is 10.1. The summed E-state index contributed by atoms with van der Waals surface area (Å²) in [4.78, 5) is 2.28. The highest BCUT2D eigenvalue weighted by Crippen LogP contribution is 2.34. The molecule has 1 aliphatic heterocycles. The van der Waals surface area contributed by atoms with E-state index < -0.39 is 0 Å². The largest absolute Gasteiger partial charge is 0.494 e. The molecule has 144 valence electrons. The molecule has 0 aliphatic carbocycles. The monoisotopic (exact) mass is 391 g/mol. The van der Waals surface area contributed by atoms with Crippen LogP contribution in [0.5, 0.6) is 5.75 Å². The number of rotatable bonds is 4. The van der Waals surface area contributed by atoms with Crippen molar-refractivity contribution in [3.05, 3.63) is 83.7 Å². The average Bonchev–Trinajstić information content (AvgIpc) is 3.19. The molecule has 1 unspecified atom stereocenters. The summed E-state index contributed by atoms with van der Waals surface area (Å²) in [7, 11) is 0. The van der Waals surface area contributed by atoms with Gasteiger partial charge in [0, 0.05) is 30.7 Å². The third-order valence-electron chi connectivity index (χ3n) is 5.19. The van der Waals surface area contributed by atoms with Crippen LogP contribution >= 0.6 is 12.2 Å². The van der Waals surface area contributed by atoms with Crippen LogP contribution in [0.1, 0.15) is 29.8 Å². The van der Waals surface area contributed by atoms with E-state index in [0.29, 0.717) is 6.61 Å². The van der Waals surface area contributed by atoms with E-state index in [0.717, 1.165) is 29.6 Å². The number of nitrogens with zero attached hydrogens (tertiary/aromatic N) is 2. The van der Waals surface area contributed by atoms with Gasteiger partial charge in [-0.15, -0.1) is 0 Å². The molecule has 3 aromatic rings. The van der Waals surface area contributed by atoms with Crippen LogP contribution < -0.4 is 10.1 Å². The lowest BCUT2D eigenvalue weighted by atomic mass is 10.00. The molecule has 0 amide bonds. The van der Waals surface area contributed by atoms with E-state index >= 15 is 0 Å². The Hall–Kier alpha value is -2.79. The summed E-state index contributed by atoms with van der Waals surface area (Å²) < 4.78 is 7.93. The Labute approximate surface area is 171 Å². The number of ether oxygens (including phenoxy) is 1. The summed E-state index contributed by atoms with van der Waals surface area (Å²) >= 11 is 5.84. The zero-order valence-electron chi connectivity index (χ0n) is 16.3. The second-order valence-electron chi connectivity index (χ2n) is 6.97. The van der Waals surface area contributed by atoms with Gasteiger partial charge in [-0.2, -0.15) is 0 Å². The third-order valence-corrected chi connectivity index (χ3v) is 5.53. The molecule has 4 nitrogen and oxygen atoms in total. The van der Waals surface area contributed by atoms with Gasteiger partial charge in [-0.25, -0.2) is 0 Å². The number of aryl methyl sites for hydroxylation is 1. The molecule has 1 N–H and O–H groups in total. The Morgan fingerprint density at radius 1 is 1.07 bits per heavy atom. The van der Waals surface area contributed by atoms with Crippen molar-refractivity contribution >= 4 is 23.0 Å².